The molecule has 6 heavy (non-hydrogen) atoms. The molecule has 0 aliphatic rings. The Morgan fingerprint density at radius 1 is 1.17 bits per heavy atom. The van der Waals surface area contributed by atoms with Crippen molar-refractivity contribution in [3.05, 3.63) is 0 Å². The van der Waals surface area contributed by atoms with E-state index in [1.54, 1.807) is 0 Å². The Bertz CT molecular complexity index is 94.7. The van der Waals surface area contributed by atoms with Crippen molar-refractivity contribution in [2.24, 2.45) is 0 Å². The van der Waals surface area contributed by atoms with Gasteiger partial charge in [0.25, 0.3) is 0 Å². The topological polar surface area (TPSA) is 34.1 Å². The molecule has 0 aromatic carbocycles. The first-order valence-electron chi connectivity index (χ1n) is 0.642. The third-order valence-electron chi connectivity index (χ3n) is 0. The summed E-state index contributed by atoms with van der Waals surface area (Å²) in [6.07, 6.45) is 0. The van der Waals surface area contributed by atoms with Gasteiger partial charge in [0.2, 0.25) is 0 Å². The van der Waals surface area contributed by atoms with E-state index in [9.17, 15) is 6.80 Å². The molecule has 0 heterocycles. The van der Waals surface area contributed by atoms with Gasteiger partial charge in [-0.25, -0.2) is 0 Å². The number of hydrogen-bond acceptors (Lipinski definition) is 2. The molecule has 0 aliphatic heterocycles. The third kappa shape index (κ3) is 55.0. The maximum absolute atomic E-state index is 9.27. The summed E-state index contributed by atoms with van der Waals surface area (Å²) in [6.45, 7) is 0. The van der Waals surface area contributed by atoms with Gasteiger partial charge in [-0.3, -0.25) is 0 Å². The molecule has 0 fully saturated rings. The van der Waals surface area contributed by atoms with Gasteiger partial charge in [-0.15, -0.1) is 0 Å². The van der Waals surface area contributed by atoms with Crippen molar-refractivity contribution in [3.63, 3.8) is 0 Å². The van der Waals surface area contributed by atoms with Gasteiger partial charge in [-0.2, -0.15) is 0 Å². The Morgan fingerprint density at radius 2 is 1.17 bits per heavy atom. The molecule has 42 valence electrons. The Kier molecular flexibility index (Phi) is 5.83. The zero-order valence-electron chi connectivity index (χ0n) is 2.30. The molecule has 2 nitrogen and oxygen atoms in total. The van der Waals surface area contributed by atoms with Gasteiger partial charge >= 0.3 is 39.5 Å². The maximum atomic E-state index is 9.27. The van der Waals surface area contributed by atoms with Crippen molar-refractivity contribution in [1.29, 1.82) is 0 Å². The summed E-state index contributed by atoms with van der Waals surface area (Å²) < 4.78 is 18.5. The van der Waals surface area contributed by atoms with Crippen molar-refractivity contribution >= 4 is 18.8 Å². The van der Waals surface area contributed by atoms with Gasteiger partial charge in [-0.1, -0.05) is 0 Å². The van der Waals surface area contributed by atoms with E-state index in [2.05, 4.69) is 18.8 Å². The summed E-state index contributed by atoms with van der Waals surface area (Å²) in [7, 11) is 8.75. The second-order valence-corrected chi connectivity index (χ2v) is 7.98. The molecular formula is Cl2MoNiO2. The van der Waals surface area contributed by atoms with E-state index < -0.39 is 13.9 Å². The molecule has 0 radical (unpaired) electrons. The molecular weight excluding hydrogens is 258 g/mol. The van der Waals surface area contributed by atoms with E-state index >= 15 is 0 Å². The third-order valence-corrected chi connectivity index (χ3v) is 0. The molecule has 0 bridgehead atoms. The molecule has 0 N–H and O–H groups in total. The van der Waals surface area contributed by atoms with Crippen LogP contribution in [0.3, 0.4) is 0 Å². The molecule has 0 aliphatic carbocycles. The second kappa shape index (κ2) is 3.37. The Balaban J connectivity index is 0. The van der Waals surface area contributed by atoms with Crippen LogP contribution in [-0.2, 0) is 37.2 Å². The number of rotatable bonds is 0. The molecule has 0 rings (SSSR count). The first-order chi connectivity index (χ1) is 2.00. The average Bonchev–Trinajstić information content (AvgIpc) is 0.722. The van der Waals surface area contributed by atoms with Crippen LogP contribution in [0.1, 0.15) is 0 Å². The molecule has 0 amide bonds. The first-order valence-corrected chi connectivity index (χ1v) is 7.45. The second-order valence-electron chi connectivity index (χ2n) is 0.378. The number of halogens is 2. The van der Waals surface area contributed by atoms with E-state index in [0.29, 0.717) is 0 Å². The van der Waals surface area contributed by atoms with Crippen LogP contribution < -0.4 is 0 Å². The van der Waals surface area contributed by atoms with Gasteiger partial charge in [0.05, 0.1) is 0 Å². The van der Waals surface area contributed by atoms with Crippen molar-refractivity contribution in [2.75, 3.05) is 0 Å². The van der Waals surface area contributed by atoms with Gasteiger partial charge in [0.1, 0.15) is 0 Å². The fourth-order valence-electron chi connectivity index (χ4n) is 0. The van der Waals surface area contributed by atoms with E-state index in [1.165, 1.54) is 0 Å². The van der Waals surface area contributed by atoms with Gasteiger partial charge in [-0.05, 0) is 0 Å². The van der Waals surface area contributed by atoms with Crippen LogP contribution in [0.5, 0.6) is 0 Å². The fourth-order valence-corrected chi connectivity index (χ4v) is 0. The summed E-state index contributed by atoms with van der Waals surface area (Å²) in [5.41, 5.74) is 0. The van der Waals surface area contributed by atoms with Crippen LogP contribution in [0.25, 0.3) is 0 Å². The van der Waals surface area contributed by atoms with Crippen molar-refractivity contribution < 1.29 is 37.2 Å². The Morgan fingerprint density at radius 3 is 1.17 bits per heavy atom. The summed E-state index contributed by atoms with van der Waals surface area (Å²) in [5.74, 6) is 0. The molecule has 0 saturated carbocycles. The van der Waals surface area contributed by atoms with E-state index in [4.69, 9.17) is 0 Å². The van der Waals surface area contributed by atoms with Crippen LogP contribution in [0.15, 0.2) is 0 Å². The predicted octanol–water partition coefficient (Wildman–Crippen LogP) is 1.14. The van der Waals surface area contributed by atoms with Crippen LogP contribution in [-0.4, -0.2) is 0 Å². The fraction of sp³-hybridized carbons (Fsp3) is 0. The quantitative estimate of drug-likeness (QED) is 0.610. The van der Waals surface area contributed by atoms with E-state index in [0.717, 1.165) is 0 Å². The van der Waals surface area contributed by atoms with Crippen molar-refractivity contribution in [2.45, 2.75) is 0 Å². The minimum atomic E-state index is -4.58. The predicted molar refractivity (Wildman–Crippen MR) is 13.1 cm³/mol. The van der Waals surface area contributed by atoms with E-state index in [-0.39, 0.29) is 16.5 Å². The monoisotopic (exact) mass is 258 g/mol. The number of hydrogen-bond donors (Lipinski definition) is 0. The summed E-state index contributed by atoms with van der Waals surface area (Å²) in [5, 5.41) is 0. The zero-order valence-corrected chi connectivity index (χ0v) is 6.80. The van der Waals surface area contributed by atoms with Gasteiger partial charge < -0.3 is 0 Å². The van der Waals surface area contributed by atoms with Gasteiger partial charge in [0.15, 0.2) is 0 Å². The SMILES string of the molecule is [Ni].[O]=[Mo](=[O])([Cl])[Cl]. The minimum absolute atomic E-state index is 0. The van der Waals surface area contributed by atoms with Crippen LogP contribution in [0.2, 0.25) is 0 Å². The van der Waals surface area contributed by atoms with Crippen molar-refractivity contribution in [3.8, 4) is 0 Å². The van der Waals surface area contributed by atoms with Crippen molar-refractivity contribution in [1.82, 2.24) is 0 Å². The van der Waals surface area contributed by atoms with Gasteiger partial charge in [0, 0.05) is 16.5 Å². The standard InChI is InChI=1S/2ClH.Mo.Ni.2O/h2*1H;;;;/q;;+2;;;/p-2. The summed E-state index contributed by atoms with van der Waals surface area (Å²) >= 11 is -4.58. The molecule has 0 atom stereocenters. The summed E-state index contributed by atoms with van der Waals surface area (Å²) in [4.78, 5) is 0. The molecule has 6 heteroatoms. The van der Waals surface area contributed by atoms with Crippen LogP contribution in [0.4, 0.5) is 0 Å². The molecule has 0 spiro atoms. The first kappa shape index (κ1) is 10.4. The van der Waals surface area contributed by atoms with Crippen LogP contribution in [0, 0.1) is 0 Å². The molecule has 0 saturated heterocycles. The molecule has 0 aromatic heterocycles. The zero-order chi connectivity index (χ0) is 4.50. The normalized spacial score (nSPS) is 9.67. The average molecular weight is 258 g/mol. The molecule has 0 unspecified atom stereocenters. The Labute approximate surface area is 55.8 Å². The summed E-state index contributed by atoms with van der Waals surface area (Å²) in [6, 6.07) is 0. The Hall–Kier alpha value is 1.36. The van der Waals surface area contributed by atoms with Crippen LogP contribution >= 0.6 is 18.8 Å². The van der Waals surface area contributed by atoms with E-state index in [1.807, 2.05) is 0 Å². The molecule has 0 aromatic rings.